The van der Waals surface area contributed by atoms with Crippen LogP contribution in [0.15, 0.2) is 9.21 Å². The molecule has 0 amide bonds. The Morgan fingerprint density at radius 2 is 2.17 bits per heavy atom. The number of rotatable bonds is 1. The van der Waals surface area contributed by atoms with Crippen molar-refractivity contribution >= 4 is 6.01 Å². The molecular formula is C6H10N4O2. The normalized spacial score (nSPS) is 18.2. The molecule has 0 atom stereocenters. The van der Waals surface area contributed by atoms with Crippen LogP contribution in [0.2, 0.25) is 0 Å². The third kappa shape index (κ3) is 1.33. The number of nitrogens with zero attached hydrogens (tertiary/aromatic N) is 2. The largest absolute Gasteiger partial charge is 0.435 e. The molecule has 0 aromatic carbocycles. The van der Waals surface area contributed by atoms with Crippen molar-refractivity contribution in [1.29, 1.82) is 0 Å². The zero-order chi connectivity index (χ0) is 8.39. The molecule has 6 nitrogen and oxygen atoms in total. The summed E-state index contributed by atoms with van der Waals surface area (Å²) >= 11 is 0. The molecule has 0 radical (unpaired) electrons. The average molecular weight is 170 g/mol. The van der Waals surface area contributed by atoms with Gasteiger partial charge in [0.05, 0.1) is 0 Å². The Hall–Kier alpha value is -1.30. The van der Waals surface area contributed by atoms with E-state index in [0.717, 1.165) is 26.2 Å². The lowest BCUT2D eigenvalue weighted by Gasteiger charge is -2.24. The molecule has 2 rings (SSSR count). The van der Waals surface area contributed by atoms with E-state index in [0.29, 0.717) is 6.01 Å². The van der Waals surface area contributed by atoms with E-state index >= 15 is 0 Å². The summed E-state index contributed by atoms with van der Waals surface area (Å²) in [6.07, 6.45) is 0. The van der Waals surface area contributed by atoms with Crippen LogP contribution in [0.3, 0.4) is 0 Å². The van der Waals surface area contributed by atoms with Gasteiger partial charge in [-0.15, -0.1) is 5.10 Å². The summed E-state index contributed by atoms with van der Waals surface area (Å²) in [7, 11) is 0. The quantitative estimate of drug-likeness (QED) is 0.552. The van der Waals surface area contributed by atoms with Crippen LogP contribution in [0.4, 0.5) is 6.01 Å². The van der Waals surface area contributed by atoms with E-state index in [1.54, 1.807) is 0 Å². The summed E-state index contributed by atoms with van der Waals surface area (Å²) in [6, 6.07) is 0.390. The summed E-state index contributed by atoms with van der Waals surface area (Å²) in [4.78, 5) is 12.5. The van der Waals surface area contributed by atoms with E-state index < -0.39 is 5.76 Å². The lowest BCUT2D eigenvalue weighted by Crippen LogP contribution is -2.43. The molecule has 1 fully saturated rings. The highest BCUT2D eigenvalue weighted by Gasteiger charge is 2.14. The topological polar surface area (TPSA) is 74.2 Å². The Bertz CT molecular complexity index is 298. The van der Waals surface area contributed by atoms with Gasteiger partial charge in [-0.3, -0.25) is 0 Å². The van der Waals surface area contributed by atoms with E-state index in [1.807, 2.05) is 4.90 Å². The molecule has 1 aromatic rings. The first kappa shape index (κ1) is 7.35. The highest BCUT2D eigenvalue weighted by molar-refractivity contribution is 5.23. The molecule has 6 heteroatoms. The number of aromatic nitrogens is 2. The molecule has 0 aliphatic carbocycles. The average Bonchev–Trinajstić information content (AvgIpc) is 2.54. The highest BCUT2D eigenvalue weighted by Crippen LogP contribution is 2.05. The second kappa shape index (κ2) is 2.98. The Morgan fingerprint density at radius 1 is 1.42 bits per heavy atom. The van der Waals surface area contributed by atoms with E-state index in [2.05, 4.69) is 15.5 Å². The lowest BCUT2D eigenvalue weighted by atomic mass is 10.4. The minimum Gasteiger partial charge on any atom is -0.373 e. The van der Waals surface area contributed by atoms with Gasteiger partial charge in [0.25, 0.3) is 0 Å². The second-order valence-electron chi connectivity index (χ2n) is 2.63. The molecule has 2 heterocycles. The van der Waals surface area contributed by atoms with Crippen molar-refractivity contribution in [2.24, 2.45) is 0 Å². The molecule has 1 aromatic heterocycles. The number of hydrogen-bond donors (Lipinski definition) is 2. The van der Waals surface area contributed by atoms with Gasteiger partial charge >= 0.3 is 11.8 Å². The number of anilines is 1. The Kier molecular flexibility index (Phi) is 1.83. The third-order valence-corrected chi connectivity index (χ3v) is 1.81. The third-order valence-electron chi connectivity index (χ3n) is 1.81. The fourth-order valence-electron chi connectivity index (χ4n) is 1.21. The minimum atomic E-state index is -0.497. The molecule has 0 spiro atoms. The van der Waals surface area contributed by atoms with Crippen molar-refractivity contribution in [3.8, 4) is 0 Å². The predicted molar refractivity (Wildman–Crippen MR) is 42.2 cm³/mol. The molecule has 1 aliphatic heterocycles. The maximum absolute atomic E-state index is 10.6. The van der Waals surface area contributed by atoms with E-state index in [4.69, 9.17) is 4.42 Å². The molecule has 1 saturated heterocycles. The molecule has 0 saturated carbocycles. The molecule has 0 bridgehead atoms. The summed E-state index contributed by atoms with van der Waals surface area (Å²) in [5, 5.41) is 9.16. The number of nitrogens with one attached hydrogen (secondary N) is 2. The van der Waals surface area contributed by atoms with Crippen LogP contribution in [-0.4, -0.2) is 36.4 Å². The van der Waals surface area contributed by atoms with Gasteiger partial charge in [0, 0.05) is 26.2 Å². The van der Waals surface area contributed by atoms with E-state index in [9.17, 15) is 4.79 Å². The van der Waals surface area contributed by atoms with Crippen molar-refractivity contribution in [3.63, 3.8) is 0 Å². The first-order chi connectivity index (χ1) is 5.86. The smallest absolute Gasteiger partial charge is 0.373 e. The van der Waals surface area contributed by atoms with Gasteiger partial charge in [-0.1, -0.05) is 0 Å². The summed E-state index contributed by atoms with van der Waals surface area (Å²) in [5.74, 6) is -0.497. The van der Waals surface area contributed by atoms with Gasteiger partial charge in [0.15, 0.2) is 0 Å². The van der Waals surface area contributed by atoms with Crippen LogP contribution < -0.4 is 16.0 Å². The number of piperazine rings is 1. The zero-order valence-electron chi connectivity index (χ0n) is 6.54. The van der Waals surface area contributed by atoms with Gasteiger partial charge in [-0.25, -0.2) is 9.89 Å². The second-order valence-corrected chi connectivity index (χ2v) is 2.63. The van der Waals surface area contributed by atoms with Crippen LogP contribution in [-0.2, 0) is 0 Å². The fourth-order valence-corrected chi connectivity index (χ4v) is 1.21. The van der Waals surface area contributed by atoms with Crippen LogP contribution in [0.1, 0.15) is 0 Å². The number of H-pyrrole nitrogens is 1. The van der Waals surface area contributed by atoms with Crippen molar-refractivity contribution in [2.75, 3.05) is 31.1 Å². The summed E-state index contributed by atoms with van der Waals surface area (Å²) in [6.45, 7) is 3.45. The van der Waals surface area contributed by atoms with E-state index in [1.165, 1.54) is 0 Å². The SMILES string of the molecule is O=c1[nH]nc(N2CCNCC2)o1. The molecule has 2 N–H and O–H groups in total. The standard InChI is InChI=1S/C6H10N4O2/c11-6-9-8-5(12-6)10-3-1-7-2-4-10/h7H,1-4H2,(H,9,11). The fraction of sp³-hybridized carbons (Fsp3) is 0.667. The van der Waals surface area contributed by atoms with Gasteiger partial charge in [0.2, 0.25) is 0 Å². The van der Waals surface area contributed by atoms with Gasteiger partial charge in [-0.05, 0) is 0 Å². The van der Waals surface area contributed by atoms with Crippen molar-refractivity contribution in [2.45, 2.75) is 0 Å². The van der Waals surface area contributed by atoms with Gasteiger partial charge < -0.3 is 14.6 Å². The number of aromatic amines is 1. The zero-order valence-corrected chi connectivity index (χ0v) is 6.54. The van der Waals surface area contributed by atoms with Crippen molar-refractivity contribution in [1.82, 2.24) is 15.5 Å². The molecule has 66 valence electrons. The molecule has 0 unspecified atom stereocenters. The molecule has 1 aliphatic rings. The predicted octanol–water partition coefficient (Wildman–Crippen LogP) is -1.23. The highest BCUT2D eigenvalue weighted by atomic mass is 16.4. The maximum Gasteiger partial charge on any atom is 0.435 e. The van der Waals surface area contributed by atoms with Crippen molar-refractivity contribution in [3.05, 3.63) is 10.6 Å². The summed E-state index contributed by atoms with van der Waals surface area (Å²) in [5.41, 5.74) is 0. The van der Waals surface area contributed by atoms with Crippen LogP contribution in [0.5, 0.6) is 0 Å². The monoisotopic (exact) mass is 170 g/mol. The Balaban J connectivity index is 2.13. The Labute approximate surface area is 68.6 Å². The molecule has 12 heavy (non-hydrogen) atoms. The Morgan fingerprint density at radius 3 is 2.75 bits per heavy atom. The lowest BCUT2D eigenvalue weighted by molar-refractivity contribution is 0.476. The number of hydrogen-bond acceptors (Lipinski definition) is 5. The van der Waals surface area contributed by atoms with Crippen LogP contribution in [0, 0.1) is 0 Å². The van der Waals surface area contributed by atoms with E-state index in [-0.39, 0.29) is 0 Å². The minimum absolute atomic E-state index is 0.390. The van der Waals surface area contributed by atoms with Gasteiger partial charge in [-0.2, -0.15) is 0 Å². The maximum atomic E-state index is 10.6. The van der Waals surface area contributed by atoms with Crippen LogP contribution in [0.25, 0.3) is 0 Å². The first-order valence-corrected chi connectivity index (χ1v) is 3.87. The van der Waals surface area contributed by atoms with Gasteiger partial charge in [0.1, 0.15) is 0 Å². The summed E-state index contributed by atoms with van der Waals surface area (Å²) < 4.78 is 4.80. The molecular weight excluding hydrogens is 160 g/mol. The first-order valence-electron chi connectivity index (χ1n) is 3.87. The van der Waals surface area contributed by atoms with Crippen LogP contribution >= 0.6 is 0 Å². The van der Waals surface area contributed by atoms with Crippen molar-refractivity contribution < 1.29 is 4.42 Å².